The molecule has 0 saturated carbocycles. The molecule has 0 saturated heterocycles. The molecule has 0 radical (unpaired) electrons. The number of rotatable bonds is 4. The molecule has 3 aromatic rings. The zero-order chi connectivity index (χ0) is 18.7. The number of halogens is 2. The van der Waals surface area contributed by atoms with Crippen LogP contribution in [-0.2, 0) is 4.74 Å². The van der Waals surface area contributed by atoms with Crippen LogP contribution in [0.3, 0.4) is 0 Å². The van der Waals surface area contributed by atoms with Gasteiger partial charge in [-0.25, -0.2) is 10.2 Å². The second-order valence-electron chi connectivity index (χ2n) is 5.20. The summed E-state index contributed by atoms with van der Waals surface area (Å²) < 4.78 is 5.46. The fourth-order valence-electron chi connectivity index (χ4n) is 2.22. The maximum atomic E-state index is 12.3. The molecule has 0 unspecified atom stereocenters. The van der Waals surface area contributed by atoms with Gasteiger partial charge in [0.25, 0.3) is 5.91 Å². The lowest BCUT2D eigenvalue weighted by Crippen LogP contribution is -2.16. The predicted octanol–water partition coefficient (Wildman–Crippen LogP) is 4.76. The van der Waals surface area contributed by atoms with Crippen LogP contribution in [0.25, 0.3) is 10.1 Å². The maximum absolute atomic E-state index is 12.3. The molecule has 0 atom stereocenters. The Labute approximate surface area is 163 Å². The second kappa shape index (κ2) is 7.86. The number of carbonyl (C=O) groups excluding carboxylic acids is 2. The predicted molar refractivity (Wildman–Crippen MR) is 105 cm³/mol. The normalized spacial score (nSPS) is 11.0. The van der Waals surface area contributed by atoms with Gasteiger partial charge in [0, 0.05) is 15.1 Å². The van der Waals surface area contributed by atoms with Gasteiger partial charge in [-0.05, 0) is 29.8 Å². The lowest BCUT2D eigenvalue weighted by Gasteiger charge is -2.00. The molecule has 1 heterocycles. The monoisotopic (exact) mass is 406 g/mol. The van der Waals surface area contributed by atoms with Crippen LogP contribution in [0.1, 0.15) is 25.6 Å². The van der Waals surface area contributed by atoms with Crippen molar-refractivity contribution in [3.63, 3.8) is 0 Å². The van der Waals surface area contributed by atoms with E-state index in [9.17, 15) is 9.59 Å². The summed E-state index contributed by atoms with van der Waals surface area (Å²) in [5.41, 5.74) is 3.59. The van der Waals surface area contributed by atoms with Gasteiger partial charge in [-0.2, -0.15) is 5.10 Å². The molecule has 5 nitrogen and oxygen atoms in total. The van der Waals surface area contributed by atoms with Crippen LogP contribution in [0.2, 0.25) is 10.0 Å². The fourth-order valence-corrected chi connectivity index (χ4v) is 3.91. The van der Waals surface area contributed by atoms with Gasteiger partial charge in [-0.1, -0.05) is 41.4 Å². The minimum atomic E-state index is -0.415. The van der Waals surface area contributed by atoms with Crippen molar-refractivity contribution in [3.05, 3.63) is 68.5 Å². The molecule has 1 amide bonds. The number of thiophene rings is 1. The summed E-state index contributed by atoms with van der Waals surface area (Å²) >= 11 is 13.5. The number of hydrazone groups is 1. The number of ether oxygens (including phenoxy) is 1. The second-order valence-corrected chi connectivity index (χ2v) is 7.06. The van der Waals surface area contributed by atoms with Crippen LogP contribution in [0, 0.1) is 0 Å². The summed E-state index contributed by atoms with van der Waals surface area (Å²) in [5, 5.41) is 5.65. The summed E-state index contributed by atoms with van der Waals surface area (Å²) in [5.74, 6) is -0.823. The first-order valence-corrected chi connectivity index (χ1v) is 8.96. The molecular formula is C18H12Cl2N2O3S. The molecule has 0 aliphatic heterocycles. The number of nitrogens with one attached hydrogen (secondary N) is 1. The summed E-state index contributed by atoms with van der Waals surface area (Å²) in [6, 6.07) is 11.9. The maximum Gasteiger partial charge on any atom is 0.337 e. The number of esters is 1. The smallest absolute Gasteiger partial charge is 0.337 e. The highest BCUT2D eigenvalue weighted by atomic mass is 35.5. The van der Waals surface area contributed by atoms with E-state index >= 15 is 0 Å². The zero-order valence-electron chi connectivity index (χ0n) is 13.5. The number of hydrogen-bond donors (Lipinski definition) is 1. The Morgan fingerprint density at radius 2 is 1.88 bits per heavy atom. The number of hydrogen-bond acceptors (Lipinski definition) is 5. The van der Waals surface area contributed by atoms with E-state index in [4.69, 9.17) is 23.2 Å². The minimum absolute atomic E-state index is 0.363. The van der Waals surface area contributed by atoms with E-state index in [-0.39, 0.29) is 0 Å². The van der Waals surface area contributed by atoms with Crippen molar-refractivity contribution in [1.29, 1.82) is 0 Å². The van der Waals surface area contributed by atoms with Crippen molar-refractivity contribution in [2.75, 3.05) is 7.11 Å². The molecule has 0 fully saturated rings. The third-order valence-corrected chi connectivity index (χ3v) is 5.40. The number of benzene rings is 2. The van der Waals surface area contributed by atoms with Crippen molar-refractivity contribution in [1.82, 2.24) is 5.43 Å². The number of amides is 1. The van der Waals surface area contributed by atoms with Gasteiger partial charge >= 0.3 is 5.97 Å². The molecule has 0 bridgehead atoms. The van der Waals surface area contributed by atoms with Crippen molar-refractivity contribution in [2.45, 2.75) is 0 Å². The molecule has 0 aliphatic carbocycles. The van der Waals surface area contributed by atoms with Crippen LogP contribution >= 0.6 is 34.5 Å². The van der Waals surface area contributed by atoms with Gasteiger partial charge in [0.05, 0.1) is 23.9 Å². The Kier molecular flexibility index (Phi) is 5.56. The fraction of sp³-hybridized carbons (Fsp3) is 0.0556. The van der Waals surface area contributed by atoms with Crippen molar-refractivity contribution in [2.24, 2.45) is 5.10 Å². The van der Waals surface area contributed by atoms with Crippen LogP contribution < -0.4 is 5.43 Å². The average molecular weight is 407 g/mol. The minimum Gasteiger partial charge on any atom is -0.465 e. The molecule has 1 aromatic heterocycles. The molecule has 1 N–H and O–H groups in total. The summed E-state index contributed by atoms with van der Waals surface area (Å²) in [7, 11) is 1.32. The third kappa shape index (κ3) is 3.88. The molecule has 132 valence electrons. The highest BCUT2D eigenvalue weighted by Gasteiger charge is 2.16. The largest absolute Gasteiger partial charge is 0.465 e. The van der Waals surface area contributed by atoms with E-state index in [1.165, 1.54) is 24.7 Å². The van der Waals surface area contributed by atoms with Gasteiger partial charge in [0.1, 0.15) is 4.88 Å². The lowest BCUT2D eigenvalue weighted by atomic mass is 10.1. The van der Waals surface area contributed by atoms with Crippen LogP contribution in [-0.4, -0.2) is 25.2 Å². The summed E-state index contributed by atoms with van der Waals surface area (Å²) in [6.07, 6.45) is 1.47. The first-order chi connectivity index (χ1) is 12.5. The van der Waals surface area contributed by atoms with Crippen molar-refractivity contribution < 1.29 is 14.3 Å². The zero-order valence-corrected chi connectivity index (χ0v) is 15.8. The Morgan fingerprint density at radius 3 is 2.58 bits per heavy atom. The molecule has 0 aliphatic rings. The summed E-state index contributed by atoms with van der Waals surface area (Å²) in [6.45, 7) is 0. The van der Waals surface area contributed by atoms with Crippen LogP contribution in [0.15, 0.2) is 47.6 Å². The SMILES string of the molecule is COC(=O)c1ccc(/C=N/NC(=O)c2sc3cc(Cl)ccc3c2Cl)cc1. The molecule has 26 heavy (non-hydrogen) atoms. The average Bonchev–Trinajstić information content (AvgIpc) is 2.97. The molecule has 0 spiro atoms. The van der Waals surface area contributed by atoms with Crippen LogP contribution in [0.5, 0.6) is 0 Å². The summed E-state index contributed by atoms with van der Waals surface area (Å²) in [4.78, 5) is 24.0. The van der Waals surface area contributed by atoms with E-state index in [2.05, 4.69) is 15.3 Å². The van der Waals surface area contributed by atoms with E-state index < -0.39 is 11.9 Å². The Hall–Kier alpha value is -2.41. The Morgan fingerprint density at radius 1 is 1.15 bits per heavy atom. The van der Waals surface area contributed by atoms with Gasteiger partial charge in [-0.3, -0.25) is 4.79 Å². The quantitative estimate of drug-likeness (QED) is 0.385. The van der Waals surface area contributed by atoms with Gasteiger partial charge in [0.2, 0.25) is 0 Å². The van der Waals surface area contributed by atoms with Crippen LogP contribution in [0.4, 0.5) is 0 Å². The van der Waals surface area contributed by atoms with E-state index in [1.807, 2.05) is 0 Å². The third-order valence-electron chi connectivity index (χ3n) is 3.51. The van der Waals surface area contributed by atoms with E-state index in [0.29, 0.717) is 26.0 Å². The highest BCUT2D eigenvalue weighted by Crippen LogP contribution is 2.36. The topological polar surface area (TPSA) is 67.8 Å². The number of nitrogens with zero attached hydrogens (tertiary/aromatic N) is 1. The number of fused-ring (bicyclic) bond motifs is 1. The Balaban J connectivity index is 1.71. The molecule has 8 heteroatoms. The standard InChI is InChI=1S/C18H12Cl2N2O3S/c1-25-18(24)11-4-2-10(3-5-11)9-21-22-17(23)16-15(20)13-7-6-12(19)8-14(13)26-16/h2-9H,1H3,(H,22,23)/b21-9+. The van der Waals surface area contributed by atoms with Crippen molar-refractivity contribution in [3.8, 4) is 0 Å². The first kappa shape index (κ1) is 18.4. The number of methoxy groups -OCH3 is 1. The Bertz CT molecular complexity index is 1010. The van der Waals surface area contributed by atoms with E-state index in [1.54, 1.807) is 42.5 Å². The van der Waals surface area contributed by atoms with Crippen molar-refractivity contribution >= 4 is 62.7 Å². The molecule has 2 aromatic carbocycles. The van der Waals surface area contributed by atoms with E-state index in [0.717, 1.165) is 10.1 Å². The molecular weight excluding hydrogens is 395 g/mol. The first-order valence-electron chi connectivity index (χ1n) is 7.39. The molecule has 3 rings (SSSR count). The lowest BCUT2D eigenvalue weighted by molar-refractivity contribution is 0.0600. The highest BCUT2D eigenvalue weighted by molar-refractivity contribution is 7.21. The number of carbonyl (C=O) groups is 2. The van der Waals surface area contributed by atoms with Gasteiger partial charge in [-0.15, -0.1) is 11.3 Å². The van der Waals surface area contributed by atoms with Gasteiger partial charge < -0.3 is 4.74 Å². The van der Waals surface area contributed by atoms with Gasteiger partial charge in [0.15, 0.2) is 0 Å².